The molecule has 16 heavy (non-hydrogen) atoms. The molecule has 0 spiro atoms. The van der Waals surface area contributed by atoms with Crippen LogP contribution in [0.5, 0.6) is 0 Å². The van der Waals surface area contributed by atoms with Gasteiger partial charge in [0.25, 0.3) is 5.56 Å². The van der Waals surface area contributed by atoms with E-state index in [0.29, 0.717) is 24.8 Å². The Bertz CT molecular complexity index is 412. The standard InChI is InChI=1S/C11H17N3O2/c1-2-9(15)7-13-10-11(16)14(6-5-12-10)8-3-4-8/h5-6,8-9,15H,2-4,7H2,1H3,(H,12,13). The van der Waals surface area contributed by atoms with Crippen LogP contribution in [0.2, 0.25) is 0 Å². The van der Waals surface area contributed by atoms with Crippen LogP contribution in [-0.2, 0) is 0 Å². The molecule has 1 aromatic heterocycles. The van der Waals surface area contributed by atoms with Gasteiger partial charge in [-0.15, -0.1) is 0 Å². The quantitative estimate of drug-likeness (QED) is 0.773. The zero-order valence-corrected chi connectivity index (χ0v) is 9.39. The zero-order valence-electron chi connectivity index (χ0n) is 9.39. The average Bonchev–Trinajstić information content (AvgIpc) is 3.11. The summed E-state index contributed by atoms with van der Waals surface area (Å²) in [6.07, 6.45) is 5.72. The Morgan fingerprint density at radius 2 is 2.44 bits per heavy atom. The summed E-state index contributed by atoms with van der Waals surface area (Å²) in [7, 11) is 0. The Kier molecular flexibility index (Phi) is 3.24. The van der Waals surface area contributed by atoms with Crippen LogP contribution in [0.3, 0.4) is 0 Å². The summed E-state index contributed by atoms with van der Waals surface area (Å²) in [5.74, 6) is 0.335. The van der Waals surface area contributed by atoms with Gasteiger partial charge in [-0.25, -0.2) is 4.98 Å². The highest BCUT2D eigenvalue weighted by Gasteiger charge is 2.25. The normalized spacial score (nSPS) is 17.1. The smallest absolute Gasteiger partial charge is 0.293 e. The lowest BCUT2D eigenvalue weighted by molar-refractivity contribution is 0.183. The first-order valence-corrected chi connectivity index (χ1v) is 5.71. The first-order valence-electron chi connectivity index (χ1n) is 5.71. The molecule has 5 heteroatoms. The fraction of sp³-hybridized carbons (Fsp3) is 0.636. The maximum absolute atomic E-state index is 11.9. The molecule has 0 radical (unpaired) electrons. The minimum atomic E-state index is -0.434. The number of aliphatic hydroxyl groups is 1. The lowest BCUT2D eigenvalue weighted by Crippen LogP contribution is -2.27. The highest BCUT2D eigenvalue weighted by molar-refractivity contribution is 5.31. The Morgan fingerprint density at radius 1 is 1.69 bits per heavy atom. The topological polar surface area (TPSA) is 67.2 Å². The van der Waals surface area contributed by atoms with Crippen molar-refractivity contribution >= 4 is 5.82 Å². The number of aromatic nitrogens is 2. The third-order valence-electron chi connectivity index (χ3n) is 2.78. The molecule has 1 aliphatic rings. The second-order valence-corrected chi connectivity index (χ2v) is 4.16. The number of nitrogens with one attached hydrogen (secondary N) is 1. The molecule has 1 fully saturated rings. The van der Waals surface area contributed by atoms with E-state index in [2.05, 4.69) is 10.3 Å². The van der Waals surface area contributed by atoms with Crippen LogP contribution in [0.1, 0.15) is 32.2 Å². The molecule has 2 rings (SSSR count). The molecule has 1 unspecified atom stereocenters. The van der Waals surface area contributed by atoms with Crippen LogP contribution in [0.4, 0.5) is 5.82 Å². The van der Waals surface area contributed by atoms with Gasteiger partial charge in [0.2, 0.25) is 0 Å². The van der Waals surface area contributed by atoms with Crippen molar-refractivity contribution in [2.75, 3.05) is 11.9 Å². The van der Waals surface area contributed by atoms with Crippen molar-refractivity contribution in [3.63, 3.8) is 0 Å². The Labute approximate surface area is 94.1 Å². The second-order valence-electron chi connectivity index (χ2n) is 4.16. The summed E-state index contributed by atoms with van der Waals surface area (Å²) in [6, 6.07) is 0.354. The molecule has 1 aromatic rings. The highest BCUT2D eigenvalue weighted by Crippen LogP contribution is 2.33. The fourth-order valence-electron chi connectivity index (χ4n) is 1.55. The van der Waals surface area contributed by atoms with Gasteiger partial charge in [-0.2, -0.15) is 0 Å². The molecule has 1 saturated carbocycles. The number of nitrogens with zero attached hydrogens (tertiary/aromatic N) is 2. The van der Waals surface area contributed by atoms with E-state index in [4.69, 9.17) is 0 Å². The molecule has 2 N–H and O–H groups in total. The van der Waals surface area contributed by atoms with Gasteiger partial charge in [0.15, 0.2) is 5.82 Å². The lowest BCUT2D eigenvalue weighted by Gasteiger charge is -2.10. The van der Waals surface area contributed by atoms with E-state index in [1.807, 2.05) is 6.92 Å². The SMILES string of the molecule is CCC(O)CNc1nccn(C2CC2)c1=O. The number of aliphatic hydroxyl groups excluding tert-OH is 1. The summed E-state index contributed by atoms with van der Waals surface area (Å²) in [5.41, 5.74) is -0.0895. The number of hydrogen-bond acceptors (Lipinski definition) is 4. The van der Waals surface area contributed by atoms with E-state index in [1.165, 1.54) is 0 Å². The molecule has 1 atom stereocenters. The molecular formula is C11H17N3O2. The number of anilines is 1. The van der Waals surface area contributed by atoms with Gasteiger partial charge in [0.05, 0.1) is 6.10 Å². The molecule has 0 bridgehead atoms. The third kappa shape index (κ3) is 2.41. The molecule has 88 valence electrons. The fourth-order valence-corrected chi connectivity index (χ4v) is 1.55. The Morgan fingerprint density at radius 3 is 3.06 bits per heavy atom. The Balaban J connectivity index is 2.09. The van der Waals surface area contributed by atoms with Crippen LogP contribution < -0.4 is 10.9 Å². The van der Waals surface area contributed by atoms with Crippen molar-refractivity contribution in [3.8, 4) is 0 Å². The van der Waals surface area contributed by atoms with E-state index in [0.717, 1.165) is 12.8 Å². The maximum atomic E-state index is 11.9. The largest absolute Gasteiger partial charge is 0.391 e. The summed E-state index contributed by atoms with van der Waals surface area (Å²) in [4.78, 5) is 15.9. The van der Waals surface area contributed by atoms with Crippen molar-refractivity contribution in [2.24, 2.45) is 0 Å². The van der Waals surface area contributed by atoms with Gasteiger partial charge >= 0.3 is 0 Å². The summed E-state index contributed by atoms with van der Waals surface area (Å²) in [5, 5.41) is 12.3. The van der Waals surface area contributed by atoms with Gasteiger partial charge in [0.1, 0.15) is 0 Å². The van der Waals surface area contributed by atoms with Crippen LogP contribution in [0.25, 0.3) is 0 Å². The zero-order chi connectivity index (χ0) is 11.5. The average molecular weight is 223 g/mol. The van der Waals surface area contributed by atoms with Crippen molar-refractivity contribution < 1.29 is 5.11 Å². The first-order chi connectivity index (χ1) is 7.72. The van der Waals surface area contributed by atoms with Gasteiger partial charge in [0, 0.05) is 25.0 Å². The monoisotopic (exact) mass is 223 g/mol. The first kappa shape index (κ1) is 11.1. The molecule has 1 heterocycles. The van der Waals surface area contributed by atoms with Crippen molar-refractivity contribution in [3.05, 3.63) is 22.7 Å². The second kappa shape index (κ2) is 4.65. The minimum Gasteiger partial charge on any atom is -0.391 e. The molecule has 1 aliphatic carbocycles. The van der Waals surface area contributed by atoms with Crippen molar-refractivity contribution in [2.45, 2.75) is 38.3 Å². The molecular weight excluding hydrogens is 206 g/mol. The van der Waals surface area contributed by atoms with Crippen molar-refractivity contribution in [1.29, 1.82) is 0 Å². The Hall–Kier alpha value is -1.36. The van der Waals surface area contributed by atoms with Crippen LogP contribution >= 0.6 is 0 Å². The highest BCUT2D eigenvalue weighted by atomic mass is 16.3. The maximum Gasteiger partial charge on any atom is 0.293 e. The van der Waals surface area contributed by atoms with E-state index < -0.39 is 6.10 Å². The number of rotatable bonds is 5. The molecule has 0 aliphatic heterocycles. The van der Waals surface area contributed by atoms with Crippen LogP contribution in [0.15, 0.2) is 17.2 Å². The molecule has 0 saturated heterocycles. The van der Waals surface area contributed by atoms with E-state index in [1.54, 1.807) is 17.0 Å². The lowest BCUT2D eigenvalue weighted by atomic mass is 10.3. The minimum absolute atomic E-state index is 0.0895. The predicted octanol–water partition coefficient (Wildman–Crippen LogP) is 0.761. The summed E-state index contributed by atoms with van der Waals surface area (Å²) >= 11 is 0. The predicted molar refractivity (Wildman–Crippen MR) is 61.6 cm³/mol. The van der Waals surface area contributed by atoms with Gasteiger partial charge < -0.3 is 15.0 Å². The van der Waals surface area contributed by atoms with Gasteiger partial charge in [-0.1, -0.05) is 6.92 Å². The summed E-state index contributed by atoms with van der Waals surface area (Å²) in [6.45, 7) is 2.26. The van der Waals surface area contributed by atoms with Crippen LogP contribution in [0, 0.1) is 0 Å². The van der Waals surface area contributed by atoms with Gasteiger partial charge in [-0.3, -0.25) is 4.79 Å². The third-order valence-corrected chi connectivity index (χ3v) is 2.78. The van der Waals surface area contributed by atoms with E-state index >= 15 is 0 Å². The van der Waals surface area contributed by atoms with Gasteiger partial charge in [-0.05, 0) is 19.3 Å². The molecule has 0 aromatic carbocycles. The number of hydrogen-bond donors (Lipinski definition) is 2. The summed E-state index contributed by atoms with van der Waals surface area (Å²) < 4.78 is 1.72. The van der Waals surface area contributed by atoms with Crippen LogP contribution in [-0.4, -0.2) is 27.3 Å². The molecule has 5 nitrogen and oxygen atoms in total. The van der Waals surface area contributed by atoms with E-state index in [9.17, 15) is 9.90 Å². The van der Waals surface area contributed by atoms with Crippen molar-refractivity contribution in [1.82, 2.24) is 9.55 Å². The molecule has 0 amide bonds. The van der Waals surface area contributed by atoms with E-state index in [-0.39, 0.29) is 5.56 Å².